The van der Waals surface area contributed by atoms with Crippen molar-refractivity contribution in [2.24, 2.45) is 0 Å². The fraction of sp³-hybridized carbons (Fsp3) is 1.00. The van der Waals surface area contributed by atoms with Gasteiger partial charge in [-0.2, -0.15) is 5.48 Å². The summed E-state index contributed by atoms with van der Waals surface area (Å²) in [5.41, 5.74) is 2.26. The summed E-state index contributed by atoms with van der Waals surface area (Å²) in [4.78, 5) is 0. The Labute approximate surface area is 112 Å². The quantitative estimate of drug-likeness (QED) is 0.704. The lowest BCUT2D eigenvalue weighted by atomic mass is 10.0. The SMILES string of the molecule is CC1(C)O[C@H]2OC([C@H]3COC(C)(C)O3)[C@@H](NO)[C@H]2O1. The number of ether oxygens (including phenoxy) is 5. The van der Waals surface area contributed by atoms with Gasteiger partial charge in [0.2, 0.25) is 0 Å². The Balaban J connectivity index is 1.72. The third kappa shape index (κ3) is 2.40. The minimum atomic E-state index is -0.707. The van der Waals surface area contributed by atoms with Crippen LogP contribution in [0.3, 0.4) is 0 Å². The van der Waals surface area contributed by atoms with E-state index in [0.29, 0.717) is 6.61 Å². The van der Waals surface area contributed by atoms with Crippen molar-refractivity contribution >= 4 is 0 Å². The van der Waals surface area contributed by atoms with Crippen molar-refractivity contribution in [2.45, 2.75) is 69.9 Å². The molecule has 0 aromatic heterocycles. The molecule has 0 radical (unpaired) electrons. The highest BCUT2D eigenvalue weighted by atomic mass is 16.8. The molecule has 5 atom stereocenters. The van der Waals surface area contributed by atoms with E-state index in [4.69, 9.17) is 23.7 Å². The third-order valence-electron chi connectivity index (χ3n) is 3.63. The van der Waals surface area contributed by atoms with E-state index in [1.165, 1.54) is 0 Å². The van der Waals surface area contributed by atoms with Crippen LogP contribution >= 0.6 is 0 Å². The van der Waals surface area contributed by atoms with Crippen LogP contribution in [0.25, 0.3) is 0 Å². The van der Waals surface area contributed by atoms with E-state index in [1.54, 1.807) is 0 Å². The maximum Gasteiger partial charge on any atom is 0.189 e. The van der Waals surface area contributed by atoms with Crippen LogP contribution in [-0.4, -0.2) is 54.0 Å². The van der Waals surface area contributed by atoms with Crippen LogP contribution in [0.1, 0.15) is 27.7 Å². The zero-order valence-electron chi connectivity index (χ0n) is 11.6. The Morgan fingerprint density at radius 3 is 2.32 bits per heavy atom. The van der Waals surface area contributed by atoms with Crippen LogP contribution in [0.2, 0.25) is 0 Å². The molecule has 0 saturated carbocycles. The number of hydrogen-bond donors (Lipinski definition) is 2. The Morgan fingerprint density at radius 2 is 1.74 bits per heavy atom. The minimum absolute atomic E-state index is 0.263. The van der Waals surface area contributed by atoms with Gasteiger partial charge < -0.3 is 28.9 Å². The highest BCUT2D eigenvalue weighted by Crippen LogP contribution is 2.40. The van der Waals surface area contributed by atoms with Gasteiger partial charge in [-0.3, -0.25) is 0 Å². The normalized spacial score (nSPS) is 47.5. The molecule has 110 valence electrons. The summed E-state index contributed by atoms with van der Waals surface area (Å²) < 4.78 is 28.5. The number of fused-ring (bicyclic) bond motifs is 1. The second kappa shape index (κ2) is 4.36. The van der Waals surface area contributed by atoms with Gasteiger partial charge in [-0.25, -0.2) is 0 Å². The molecule has 0 amide bonds. The van der Waals surface area contributed by atoms with Gasteiger partial charge in [0, 0.05) is 0 Å². The Bertz CT molecular complexity index is 360. The van der Waals surface area contributed by atoms with Crippen molar-refractivity contribution in [1.29, 1.82) is 0 Å². The standard InChI is InChI=1S/C12H21NO6/c1-11(2)15-5-6(17-11)8-7(13-14)9-10(16-8)19-12(3,4)18-9/h6-10,13-14H,5H2,1-4H3/t6-,7-,8?,9-,10-/m1/s1. The Morgan fingerprint density at radius 1 is 1.00 bits per heavy atom. The first kappa shape index (κ1) is 13.7. The van der Waals surface area contributed by atoms with Gasteiger partial charge in [0.15, 0.2) is 17.9 Å². The average molecular weight is 275 g/mol. The maximum absolute atomic E-state index is 9.38. The molecule has 7 nitrogen and oxygen atoms in total. The molecule has 0 aromatic carbocycles. The minimum Gasteiger partial charge on any atom is -0.348 e. The first-order valence-corrected chi connectivity index (χ1v) is 6.54. The molecule has 0 aromatic rings. The molecule has 2 N–H and O–H groups in total. The summed E-state index contributed by atoms with van der Waals surface area (Å²) >= 11 is 0. The Hall–Kier alpha value is -0.280. The number of rotatable bonds is 2. The van der Waals surface area contributed by atoms with Gasteiger partial charge in [-0.15, -0.1) is 0 Å². The molecule has 1 unspecified atom stereocenters. The van der Waals surface area contributed by atoms with Gasteiger partial charge in [0.05, 0.1) is 12.6 Å². The molecular weight excluding hydrogens is 254 g/mol. The first-order chi connectivity index (χ1) is 8.81. The fourth-order valence-electron chi connectivity index (χ4n) is 2.88. The van der Waals surface area contributed by atoms with Crippen molar-refractivity contribution < 1.29 is 28.9 Å². The second-order valence-corrected chi connectivity index (χ2v) is 6.09. The lowest BCUT2D eigenvalue weighted by Gasteiger charge is -2.28. The number of nitrogens with one attached hydrogen (secondary N) is 1. The van der Waals surface area contributed by atoms with Crippen molar-refractivity contribution in [3.8, 4) is 0 Å². The van der Waals surface area contributed by atoms with Crippen LogP contribution in [0, 0.1) is 0 Å². The molecule has 0 bridgehead atoms. The third-order valence-corrected chi connectivity index (χ3v) is 3.63. The molecular formula is C12H21NO6. The summed E-state index contributed by atoms with van der Waals surface area (Å²) in [6.07, 6.45) is -1.51. The molecule has 3 saturated heterocycles. The Kier molecular flexibility index (Phi) is 3.14. The molecule has 3 heterocycles. The smallest absolute Gasteiger partial charge is 0.189 e. The molecule has 3 rings (SSSR count). The lowest BCUT2D eigenvalue weighted by Crippen LogP contribution is -2.49. The van der Waals surface area contributed by atoms with E-state index in [2.05, 4.69) is 5.48 Å². The van der Waals surface area contributed by atoms with Gasteiger partial charge in [-0.1, -0.05) is 0 Å². The summed E-state index contributed by atoms with van der Waals surface area (Å²) in [5.74, 6) is -1.34. The fourth-order valence-corrected chi connectivity index (χ4v) is 2.88. The highest BCUT2D eigenvalue weighted by molar-refractivity contribution is 5.00. The molecule has 0 spiro atoms. The zero-order valence-corrected chi connectivity index (χ0v) is 11.6. The van der Waals surface area contributed by atoms with E-state index in [9.17, 15) is 5.21 Å². The van der Waals surface area contributed by atoms with Crippen molar-refractivity contribution in [3.05, 3.63) is 0 Å². The molecule has 3 aliphatic rings. The van der Waals surface area contributed by atoms with Crippen molar-refractivity contribution in [3.63, 3.8) is 0 Å². The van der Waals surface area contributed by atoms with E-state index in [-0.39, 0.29) is 18.3 Å². The van der Waals surface area contributed by atoms with E-state index in [0.717, 1.165) is 0 Å². The predicted octanol–water partition coefficient (Wildman–Crippen LogP) is 0.362. The highest BCUT2D eigenvalue weighted by Gasteiger charge is 2.58. The van der Waals surface area contributed by atoms with E-state index < -0.39 is 23.9 Å². The predicted molar refractivity (Wildman–Crippen MR) is 62.3 cm³/mol. The monoisotopic (exact) mass is 275 g/mol. The molecule has 0 aliphatic carbocycles. The lowest BCUT2D eigenvalue weighted by molar-refractivity contribution is -0.226. The van der Waals surface area contributed by atoms with Crippen LogP contribution in [-0.2, 0) is 23.7 Å². The van der Waals surface area contributed by atoms with Crippen LogP contribution < -0.4 is 5.48 Å². The molecule has 3 aliphatic heterocycles. The van der Waals surface area contributed by atoms with Crippen molar-refractivity contribution in [1.82, 2.24) is 5.48 Å². The van der Waals surface area contributed by atoms with E-state index >= 15 is 0 Å². The first-order valence-electron chi connectivity index (χ1n) is 6.54. The summed E-state index contributed by atoms with van der Waals surface area (Å²) in [5, 5.41) is 9.38. The zero-order chi connectivity index (χ0) is 13.8. The van der Waals surface area contributed by atoms with Gasteiger partial charge in [0.1, 0.15) is 18.3 Å². The summed E-state index contributed by atoms with van der Waals surface area (Å²) in [7, 11) is 0. The second-order valence-electron chi connectivity index (χ2n) is 6.09. The summed E-state index contributed by atoms with van der Waals surface area (Å²) in [6.45, 7) is 7.74. The average Bonchev–Trinajstić information content (AvgIpc) is 2.87. The molecule has 3 fully saturated rings. The molecule has 7 heteroatoms. The van der Waals surface area contributed by atoms with Gasteiger partial charge in [0.25, 0.3) is 0 Å². The number of hydroxylamine groups is 1. The van der Waals surface area contributed by atoms with Gasteiger partial charge >= 0.3 is 0 Å². The van der Waals surface area contributed by atoms with Crippen LogP contribution in [0.5, 0.6) is 0 Å². The van der Waals surface area contributed by atoms with E-state index in [1.807, 2.05) is 27.7 Å². The van der Waals surface area contributed by atoms with Crippen molar-refractivity contribution in [2.75, 3.05) is 6.61 Å². The topological polar surface area (TPSA) is 78.4 Å². The summed E-state index contributed by atoms with van der Waals surface area (Å²) in [6, 6.07) is -0.408. The van der Waals surface area contributed by atoms with Crippen LogP contribution in [0.4, 0.5) is 0 Å². The largest absolute Gasteiger partial charge is 0.348 e. The van der Waals surface area contributed by atoms with Crippen LogP contribution in [0.15, 0.2) is 0 Å². The molecule has 19 heavy (non-hydrogen) atoms. The maximum atomic E-state index is 9.38. The van der Waals surface area contributed by atoms with Gasteiger partial charge in [-0.05, 0) is 27.7 Å². The number of hydrogen-bond acceptors (Lipinski definition) is 7.